The van der Waals surface area contributed by atoms with Gasteiger partial charge in [0.1, 0.15) is 0 Å². The Kier molecular flexibility index (Phi) is 6.65. The first kappa shape index (κ1) is 17.5. The molecule has 2 N–H and O–H groups in total. The van der Waals surface area contributed by atoms with Crippen molar-refractivity contribution in [2.75, 3.05) is 13.1 Å². The molecule has 2 rings (SSSR count). The molecule has 0 aliphatic heterocycles. The largest absolute Gasteiger partial charge is 0.357 e. The SMILES string of the molecule is CCNC(=NCCc1cnn(C)c1)NC(C)Cc1ccc(C)s1. The second-order valence-electron chi connectivity index (χ2n) is 5.79. The Morgan fingerprint density at radius 3 is 2.87 bits per heavy atom. The van der Waals surface area contributed by atoms with Crippen molar-refractivity contribution >= 4 is 17.3 Å². The summed E-state index contributed by atoms with van der Waals surface area (Å²) in [5.41, 5.74) is 1.22. The van der Waals surface area contributed by atoms with E-state index >= 15 is 0 Å². The summed E-state index contributed by atoms with van der Waals surface area (Å²) in [6, 6.07) is 4.74. The van der Waals surface area contributed by atoms with Crippen LogP contribution in [0.2, 0.25) is 0 Å². The third kappa shape index (κ3) is 6.06. The molecule has 1 atom stereocenters. The highest BCUT2D eigenvalue weighted by atomic mass is 32.1. The van der Waals surface area contributed by atoms with Gasteiger partial charge in [-0.2, -0.15) is 5.10 Å². The van der Waals surface area contributed by atoms with Crippen molar-refractivity contribution < 1.29 is 0 Å². The summed E-state index contributed by atoms with van der Waals surface area (Å²) in [6.07, 6.45) is 5.86. The van der Waals surface area contributed by atoms with Gasteiger partial charge in [0.25, 0.3) is 0 Å². The van der Waals surface area contributed by atoms with Crippen LogP contribution in [0.1, 0.15) is 29.2 Å². The number of hydrogen-bond acceptors (Lipinski definition) is 3. The summed E-state index contributed by atoms with van der Waals surface area (Å²) >= 11 is 1.86. The molecular weight excluding hydrogens is 306 g/mol. The van der Waals surface area contributed by atoms with Crippen LogP contribution in [0, 0.1) is 6.92 Å². The fourth-order valence-corrected chi connectivity index (χ4v) is 3.42. The number of aliphatic imine (C=N–C) groups is 1. The fraction of sp³-hybridized carbons (Fsp3) is 0.529. The lowest BCUT2D eigenvalue weighted by Crippen LogP contribution is -2.43. The lowest BCUT2D eigenvalue weighted by Gasteiger charge is -2.17. The maximum Gasteiger partial charge on any atom is 0.191 e. The van der Waals surface area contributed by atoms with E-state index in [1.807, 2.05) is 35.5 Å². The highest BCUT2D eigenvalue weighted by Gasteiger charge is 2.07. The standard InChI is InChI=1S/C17H27N5S/c1-5-18-17(19-9-8-15-11-20-22(4)12-15)21-13(2)10-16-7-6-14(3)23-16/h6-7,11-13H,5,8-10H2,1-4H3,(H2,18,19,21). The number of nitrogens with one attached hydrogen (secondary N) is 2. The van der Waals surface area contributed by atoms with E-state index < -0.39 is 0 Å². The Morgan fingerprint density at radius 2 is 2.26 bits per heavy atom. The van der Waals surface area contributed by atoms with Gasteiger partial charge >= 0.3 is 0 Å². The zero-order valence-corrected chi connectivity index (χ0v) is 15.3. The summed E-state index contributed by atoms with van der Waals surface area (Å²) < 4.78 is 1.83. The minimum absolute atomic E-state index is 0.351. The summed E-state index contributed by atoms with van der Waals surface area (Å²) in [4.78, 5) is 7.44. The van der Waals surface area contributed by atoms with Gasteiger partial charge in [-0.15, -0.1) is 11.3 Å². The molecule has 0 saturated carbocycles. The topological polar surface area (TPSA) is 54.2 Å². The van der Waals surface area contributed by atoms with Gasteiger partial charge < -0.3 is 10.6 Å². The fourth-order valence-electron chi connectivity index (χ4n) is 2.40. The summed E-state index contributed by atoms with van der Waals surface area (Å²) in [5.74, 6) is 0.886. The second-order valence-corrected chi connectivity index (χ2v) is 7.17. The molecule has 0 aliphatic carbocycles. The number of guanidine groups is 1. The van der Waals surface area contributed by atoms with Gasteiger partial charge in [0.15, 0.2) is 5.96 Å². The van der Waals surface area contributed by atoms with Crippen molar-refractivity contribution in [2.45, 2.75) is 39.7 Å². The van der Waals surface area contributed by atoms with Gasteiger partial charge in [0.05, 0.1) is 6.20 Å². The van der Waals surface area contributed by atoms with Gasteiger partial charge in [-0.3, -0.25) is 9.67 Å². The van der Waals surface area contributed by atoms with Crippen molar-refractivity contribution in [1.82, 2.24) is 20.4 Å². The van der Waals surface area contributed by atoms with Gasteiger partial charge in [-0.25, -0.2) is 0 Å². The van der Waals surface area contributed by atoms with Crippen LogP contribution in [-0.4, -0.2) is 34.9 Å². The molecule has 0 radical (unpaired) electrons. The minimum atomic E-state index is 0.351. The normalized spacial score (nSPS) is 13.1. The van der Waals surface area contributed by atoms with Crippen LogP contribution in [0.15, 0.2) is 29.5 Å². The Labute approximate surface area is 142 Å². The molecule has 23 heavy (non-hydrogen) atoms. The van der Waals surface area contributed by atoms with Crippen molar-refractivity contribution in [2.24, 2.45) is 12.0 Å². The summed E-state index contributed by atoms with van der Waals surface area (Å²) in [7, 11) is 1.94. The minimum Gasteiger partial charge on any atom is -0.357 e. The van der Waals surface area contributed by atoms with E-state index in [2.05, 4.69) is 53.6 Å². The molecule has 2 heterocycles. The first-order valence-corrected chi connectivity index (χ1v) is 8.96. The summed E-state index contributed by atoms with van der Waals surface area (Å²) in [5, 5.41) is 11.0. The third-order valence-electron chi connectivity index (χ3n) is 3.46. The highest BCUT2D eigenvalue weighted by Crippen LogP contribution is 2.16. The highest BCUT2D eigenvalue weighted by molar-refractivity contribution is 7.11. The monoisotopic (exact) mass is 333 g/mol. The lowest BCUT2D eigenvalue weighted by atomic mass is 10.2. The molecule has 0 fully saturated rings. The van der Waals surface area contributed by atoms with Crippen LogP contribution in [0.4, 0.5) is 0 Å². The van der Waals surface area contributed by atoms with Crippen LogP contribution in [0.5, 0.6) is 0 Å². The third-order valence-corrected chi connectivity index (χ3v) is 4.48. The van der Waals surface area contributed by atoms with E-state index in [-0.39, 0.29) is 0 Å². The van der Waals surface area contributed by atoms with Gasteiger partial charge in [0, 0.05) is 48.6 Å². The molecule has 0 amide bonds. The van der Waals surface area contributed by atoms with Crippen molar-refractivity contribution in [3.8, 4) is 0 Å². The molecule has 0 aromatic carbocycles. The predicted octanol–water partition coefficient (Wildman–Crippen LogP) is 2.52. The molecule has 0 spiro atoms. The van der Waals surface area contributed by atoms with E-state index in [0.29, 0.717) is 6.04 Å². The van der Waals surface area contributed by atoms with E-state index in [4.69, 9.17) is 0 Å². The van der Waals surface area contributed by atoms with E-state index in [1.54, 1.807) is 0 Å². The zero-order valence-electron chi connectivity index (χ0n) is 14.5. The van der Waals surface area contributed by atoms with Gasteiger partial charge in [-0.1, -0.05) is 0 Å². The Bertz CT molecular complexity index is 628. The van der Waals surface area contributed by atoms with Gasteiger partial charge in [0.2, 0.25) is 0 Å². The maximum absolute atomic E-state index is 4.67. The number of aryl methyl sites for hydroxylation is 2. The average Bonchev–Trinajstić information content (AvgIpc) is 3.08. The molecule has 126 valence electrons. The summed E-state index contributed by atoms with van der Waals surface area (Å²) in [6.45, 7) is 8.06. The van der Waals surface area contributed by atoms with Crippen LogP contribution < -0.4 is 10.6 Å². The smallest absolute Gasteiger partial charge is 0.191 e. The molecule has 0 saturated heterocycles. The number of nitrogens with zero attached hydrogens (tertiary/aromatic N) is 3. The molecule has 2 aromatic rings. The maximum atomic E-state index is 4.67. The molecule has 5 nitrogen and oxygen atoms in total. The van der Waals surface area contributed by atoms with E-state index in [9.17, 15) is 0 Å². The molecule has 0 bridgehead atoms. The Hall–Kier alpha value is -1.82. The molecule has 6 heteroatoms. The molecule has 1 unspecified atom stereocenters. The Morgan fingerprint density at radius 1 is 1.43 bits per heavy atom. The predicted molar refractivity (Wildman–Crippen MR) is 98.2 cm³/mol. The molecule has 2 aromatic heterocycles. The van der Waals surface area contributed by atoms with Crippen LogP contribution >= 0.6 is 11.3 Å². The van der Waals surface area contributed by atoms with Crippen LogP contribution in [-0.2, 0) is 19.9 Å². The number of hydrogen-bond donors (Lipinski definition) is 2. The average molecular weight is 334 g/mol. The zero-order chi connectivity index (χ0) is 16.7. The van der Waals surface area contributed by atoms with Crippen LogP contribution in [0.25, 0.3) is 0 Å². The number of rotatable bonds is 7. The Balaban J connectivity index is 1.85. The first-order chi connectivity index (χ1) is 11.1. The second kappa shape index (κ2) is 8.72. The van der Waals surface area contributed by atoms with Gasteiger partial charge in [-0.05, 0) is 44.9 Å². The quantitative estimate of drug-likeness (QED) is 0.605. The van der Waals surface area contributed by atoms with E-state index in [1.165, 1.54) is 15.3 Å². The van der Waals surface area contributed by atoms with Crippen molar-refractivity contribution in [3.05, 3.63) is 39.8 Å². The first-order valence-electron chi connectivity index (χ1n) is 8.14. The molecular formula is C17H27N5S. The molecule has 0 aliphatic rings. The van der Waals surface area contributed by atoms with E-state index in [0.717, 1.165) is 31.9 Å². The van der Waals surface area contributed by atoms with Crippen molar-refractivity contribution in [1.29, 1.82) is 0 Å². The van der Waals surface area contributed by atoms with Crippen molar-refractivity contribution in [3.63, 3.8) is 0 Å². The van der Waals surface area contributed by atoms with Crippen LogP contribution in [0.3, 0.4) is 0 Å². The number of thiophene rings is 1. The number of aromatic nitrogens is 2. The lowest BCUT2D eigenvalue weighted by molar-refractivity contribution is 0.645.